The largest absolute Gasteiger partial charge is 0.290 e. The van der Waals surface area contributed by atoms with Crippen molar-refractivity contribution in [2.45, 2.75) is 0 Å². The van der Waals surface area contributed by atoms with Gasteiger partial charge in [0.25, 0.3) is 5.69 Å². The minimum atomic E-state index is -0.407. The highest BCUT2D eigenvalue weighted by molar-refractivity contribution is 7.15. The number of imidazole rings is 1. The van der Waals surface area contributed by atoms with Gasteiger partial charge in [0.2, 0.25) is 0 Å². The first-order valence-corrected chi connectivity index (χ1v) is 8.35. The zero-order valence-electron chi connectivity index (χ0n) is 12.2. The van der Waals surface area contributed by atoms with E-state index in [4.69, 9.17) is 16.6 Å². The van der Waals surface area contributed by atoms with Gasteiger partial charge in [0, 0.05) is 39.9 Å². The second kappa shape index (κ2) is 5.74. The van der Waals surface area contributed by atoms with Crippen molar-refractivity contribution >= 4 is 33.6 Å². The van der Waals surface area contributed by atoms with Crippen molar-refractivity contribution in [3.8, 4) is 22.5 Å². The Bertz CT molecular complexity index is 1040. The van der Waals surface area contributed by atoms with E-state index in [2.05, 4.69) is 0 Å². The predicted octanol–water partition coefficient (Wildman–Crippen LogP) is 5.29. The van der Waals surface area contributed by atoms with Crippen molar-refractivity contribution in [2.75, 3.05) is 0 Å². The lowest BCUT2D eigenvalue weighted by Crippen LogP contribution is -1.89. The average molecular weight is 356 g/mol. The number of benzene rings is 2. The molecule has 2 aromatic carbocycles. The van der Waals surface area contributed by atoms with Crippen LogP contribution in [0, 0.1) is 10.1 Å². The summed E-state index contributed by atoms with van der Waals surface area (Å²) in [5.74, 6) is 0. The molecule has 0 aliphatic carbocycles. The quantitative estimate of drug-likeness (QED) is 0.370. The van der Waals surface area contributed by atoms with Crippen LogP contribution >= 0.6 is 22.9 Å². The van der Waals surface area contributed by atoms with E-state index in [9.17, 15) is 10.1 Å². The number of aromatic nitrogens is 2. The summed E-state index contributed by atoms with van der Waals surface area (Å²) in [6.07, 6.45) is 1.96. The van der Waals surface area contributed by atoms with Gasteiger partial charge in [-0.2, -0.15) is 0 Å². The molecule has 4 rings (SSSR count). The van der Waals surface area contributed by atoms with Crippen LogP contribution in [0.2, 0.25) is 5.02 Å². The second-order valence-corrected chi connectivity index (χ2v) is 6.48. The third-order valence-electron chi connectivity index (χ3n) is 3.73. The molecule has 0 saturated carbocycles. The van der Waals surface area contributed by atoms with Crippen molar-refractivity contribution in [3.63, 3.8) is 0 Å². The summed E-state index contributed by atoms with van der Waals surface area (Å²) >= 11 is 7.53. The number of nitro benzene ring substituents is 1. The van der Waals surface area contributed by atoms with Gasteiger partial charge in [0.05, 0.1) is 16.3 Å². The Hall–Kier alpha value is -2.70. The Morgan fingerprint density at radius 1 is 1.04 bits per heavy atom. The van der Waals surface area contributed by atoms with Crippen LogP contribution in [0.25, 0.3) is 27.5 Å². The highest BCUT2D eigenvalue weighted by Crippen LogP contribution is 2.35. The Balaban J connectivity index is 1.92. The fourth-order valence-electron chi connectivity index (χ4n) is 2.61. The van der Waals surface area contributed by atoms with Gasteiger partial charge in [-0.3, -0.25) is 14.5 Å². The van der Waals surface area contributed by atoms with Crippen molar-refractivity contribution in [3.05, 3.63) is 75.2 Å². The number of non-ortho nitro benzene ring substituents is 1. The average Bonchev–Trinajstić information content (AvgIpc) is 3.17. The number of nitrogens with zero attached hydrogens (tertiary/aromatic N) is 3. The Kier molecular flexibility index (Phi) is 3.55. The maximum atomic E-state index is 10.8. The molecule has 0 radical (unpaired) electrons. The Morgan fingerprint density at radius 3 is 2.38 bits per heavy atom. The number of thiazole rings is 1. The molecule has 7 heteroatoms. The molecule has 0 atom stereocenters. The molecule has 0 bridgehead atoms. The molecular formula is C17H10ClN3O2S. The van der Waals surface area contributed by atoms with Gasteiger partial charge in [0.15, 0.2) is 4.96 Å². The van der Waals surface area contributed by atoms with Gasteiger partial charge in [-0.1, -0.05) is 23.7 Å². The number of hydrogen-bond acceptors (Lipinski definition) is 4. The number of rotatable bonds is 3. The predicted molar refractivity (Wildman–Crippen MR) is 95.6 cm³/mol. The fraction of sp³-hybridized carbons (Fsp3) is 0. The lowest BCUT2D eigenvalue weighted by Gasteiger charge is -2.05. The molecule has 2 aromatic heterocycles. The van der Waals surface area contributed by atoms with Crippen LogP contribution < -0.4 is 0 Å². The van der Waals surface area contributed by atoms with E-state index < -0.39 is 4.92 Å². The minimum absolute atomic E-state index is 0.0628. The number of nitro groups is 1. The van der Waals surface area contributed by atoms with Gasteiger partial charge in [-0.05, 0) is 24.3 Å². The molecule has 2 heterocycles. The van der Waals surface area contributed by atoms with Crippen molar-refractivity contribution in [2.24, 2.45) is 0 Å². The number of fused-ring (bicyclic) bond motifs is 1. The first-order valence-electron chi connectivity index (χ1n) is 7.10. The molecule has 0 N–H and O–H groups in total. The van der Waals surface area contributed by atoms with Crippen LogP contribution in [0.3, 0.4) is 0 Å². The maximum absolute atomic E-state index is 10.8. The van der Waals surface area contributed by atoms with E-state index >= 15 is 0 Å². The van der Waals surface area contributed by atoms with Gasteiger partial charge in [0.1, 0.15) is 0 Å². The van der Waals surface area contributed by atoms with Crippen LogP contribution in [0.1, 0.15) is 0 Å². The molecule has 0 aliphatic heterocycles. The summed E-state index contributed by atoms with van der Waals surface area (Å²) in [6.45, 7) is 0. The zero-order chi connectivity index (χ0) is 16.7. The third kappa shape index (κ3) is 2.46. The molecule has 0 unspecified atom stereocenters. The summed E-state index contributed by atoms with van der Waals surface area (Å²) in [4.78, 5) is 16.0. The number of halogens is 1. The van der Waals surface area contributed by atoms with E-state index in [1.165, 1.54) is 12.1 Å². The van der Waals surface area contributed by atoms with E-state index in [0.29, 0.717) is 5.02 Å². The molecule has 0 saturated heterocycles. The lowest BCUT2D eigenvalue weighted by molar-refractivity contribution is -0.384. The van der Waals surface area contributed by atoms with Crippen LogP contribution in [0.4, 0.5) is 5.69 Å². The smallest absolute Gasteiger partial charge is 0.269 e. The molecule has 118 valence electrons. The van der Waals surface area contributed by atoms with E-state index in [1.54, 1.807) is 23.5 Å². The van der Waals surface area contributed by atoms with Crippen LogP contribution in [0.15, 0.2) is 60.1 Å². The zero-order valence-corrected chi connectivity index (χ0v) is 13.8. The topological polar surface area (TPSA) is 60.4 Å². The molecule has 0 fully saturated rings. The van der Waals surface area contributed by atoms with Gasteiger partial charge < -0.3 is 0 Å². The highest BCUT2D eigenvalue weighted by atomic mass is 35.5. The van der Waals surface area contributed by atoms with Crippen LogP contribution in [0.5, 0.6) is 0 Å². The Morgan fingerprint density at radius 2 is 1.71 bits per heavy atom. The normalized spacial score (nSPS) is 11.0. The van der Waals surface area contributed by atoms with Crippen molar-refractivity contribution in [1.82, 2.24) is 9.38 Å². The van der Waals surface area contributed by atoms with E-state index in [0.717, 1.165) is 27.5 Å². The summed E-state index contributed by atoms with van der Waals surface area (Å²) in [5.41, 5.74) is 3.61. The Labute approximate surface area is 145 Å². The van der Waals surface area contributed by atoms with Gasteiger partial charge in [-0.25, -0.2) is 4.98 Å². The maximum Gasteiger partial charge on any atom is 0.269 e. The molecule has 4 aromatic rings. The van der Waals surface area contributed by atoms with E-state index in [-0.39, 0.29) is 5.69 Å². The number of hydrogen-bond donors (Lipinski definition) is 0. The third-order valence-corrected chi connectivity index (χ3v) is 4.74. The lowest BCUT2D eigenvalue weighted by atomic mass is 10.0. The molecule has 0 spiro atoms. The van der Waals surface area contributed by atoms with E-state index in [1.807, 2.05) is 40.2 Å². The monoisotopic (exact) mass is 355 g/mol. The molecule has 0 aliphatic rings. The van der Waals surface area contributed by atoms with Gasteiger partial charge >= 0.3 is 0 Å². The summed E-state index contributed by atoms with van der Waals surface area (Å²) in [7, 11) is 0. The molecule has 5 nitrogen and oxygen atoms in total. The first-order chi connectivity index (χ1) is 11.6. The molecule has 24 heavy (non-hydrogen) atoms. The fourth-order valence-corrected chi connectivity index (χ4v) is 3.45. The molecular weight excluding hydrogens is 346 g/mol. The summed E-state index contributed by atoms with van der Waals surface area (Å²) in [5, 5.41) is 13.5. The van der Waals surface area contributed by atoms with Crippen LogP contribution in [-0.4, -0.2) is 14.3 Å². The minimum Gasteiger partial charge on any atom is -0.290 e. The van der Waals surface area contributed by atoms with Crippen molar-refractivity contribution < 1.29 is 4.92 Å². The second-order valence-electron chi connectivity index (χ2n) is 5.18. The first kappa shape index (κ1) is 14.9. The molecule has 0 amide bonds. The van der Waals surface area contributed by atoms with Crippen LogP contribution in [-0.2, 0) is 0 Å². The summed E-state index contributed by atoms with van der Waals surface area (Å²) < 4.78 is 2.02. The standard InChI is InChI=1S/C17H10ClN3O2S/c18-13-5-1-12(2-6-13)16-15(19-17-20(16)9-10-24-17)11-3-7-14(8-4-11)21(22)23/h1-10H. The van der Waals surface area contributed by atoms with Crippen molar-refractivity contribution in [1.29, 1.82) is 0 Å². The highest BCUT2D eigenvalue weighted by Gasteiger charge is 2.17. The van der Waals surface area contributed by atoms with Gasteiger partial charge in [-0.15, -0.1) is 11.3 Å². The SMILES string of the molecule is O=[N+]([O-])c1ccc(-c2nc3sccn3c2-c2ccc(Cl)cc2)cc1. The summed E-state index contributed by atoms with van der Waals surface area (Å²) in [6, 6.07) is 14.0.